The largest absolute Gasteiger partial charge is 0.496 e. The van der Waals surface area contributed by atoms with Crippen molar-refractivity contribution in [3.8, 4) is 5.75 Å². The maximum atomic E-state index is 10.5. The molecule has 0 radical (unpaired) electrons. The molecule has 0 fully saturated rings. The van der Waals surface area contributed by atoms with Gasteiger partial charge in [-0.3, -0.25) is 0 Å². The predicted octanol–water partition coefficient (Wildman–Crippen LogP) is 4.30. The molecule has 0 saturated carbocycles. The minimum absolute atomic E-state index is 0.519. The summed E-state index contributed by atoms with van der Waals surface area (Å²) in [7, 11) is 1.65. The van der Waals surface area contributed by atoms with E-state index in [0.29, 0.717) is 6.42 Å². The van der Waals surface area contributed by atoms with Crippen LogP contribution in [0.4, 0.5) is 0 Å². The quantitative estimate of drug-likeness (QED) is 0.883. The van der Waals surface area contributed by atoms with E-state index < -0.39 is 6.10 Å². The number of aliphatic hydroxyl groups is 1. The van der Waals surface area contributed by atoms with Crippen molar-refractivity contribution >= 4 is 15.9 Å². The average molecular weight is 335 g/mol. The van der Waals surface area contributed by atoms with Crippen LogP contribution in [-0.2, 0) is 12.8 Å². The van der Waals surface area contributed by atoms with Gasteiger partial charge in [0.2, 0.25) is 0 Å². The fraction of sp³-hybridized carbons (Fsp3) is 0.294. The van der Waals surface area contributed by atoms with Gasteiger partial charge in [-0.05, 0) is 41.3 Å². The summed E-state index contributed by atoms with van der Waals surface area (Å²) >= 11 is 3.46. The lowest BCUT2D eigenvalue weighted by atomic mass is 9.95. The van der Waals surface area contributed by atoms with E-state index in [1.54, 1.807) is 7.11 Å². The molecule has 2 rings (SSSR count). The number of aliphatic hydroxyl groups excluding tert-OH is 1. The van der Waals surface area contributed by atoms with Gasteiger partial charge >= 0.3 is 0 Å². The molecule has 1 unspecified atom stereocenters. The molecule has 2 nitrogen and oxygen atoms in total. The van der Waals surface area contributed by atoms with Crippen LogP contribution < -0.4 is 4.74 Å². The molecule has 0 bridgehead atoms. The first kappa shape index (κ1) is 15.1. The molecular weight excluding hydrogens is 316 g/mol. The van der Waals surface area contributed by atoms with Crippen LogP contribution in [0, 0.1) is 0 Å². The van der Waals surface area contributed by atoms with Crippen LogP contribution in [0.3, 0.4) is 0 Å². The zero-order valence-corrected chi connectivity index (χ0v) is 13.4. The summed E-state index contributed by atoms with van der Waals surface area (Å²) in [5.41, 5.74) is 3.19. The van der Waals surface area contributed by atoms with Gasteiger partial charge in [-0.2, -0.15) is 0 Å². The van der Waals surface area contributed by atoms with Gasteiger partial charge in [0.1, 0.15) is 5.75 Å². The summed E-state index contributed by atoms with van der Waals surface area (Å²) in [6, 6.07) is 13.9. The highest BCUT2D eigenvalue weighted by molar-refractivity contribution is 9.10. The van der Waals surface area contributed by atoms with E-state index in [1.807, 2.05) is 36.4 Å². The molecule has 20 heavy (non-hydrogen) atoms. The SMILES string of the molecule is CCc1ccccc1C(O)Cc1cc(Br)ccc1OC. The number of hydrogen-bond acceptors (Lipinski definition) is 2. The number of hydrogen-bond donors (Lipinski definition) is 1. The van der Waals surface area contributed by atoms with E-state index >= 15 is 0 Å². The third kappa shape index (κ3) is 3.41. The lowest BCUT2D eigenvalue weighted by molar-refractivity contribution is 0.176. The van der Waals surface area contributed by atoms with Crippen LogP contribution in [0.25, 0.3) is 0 Å². The number of rotatable bonds is 5. The molecule has 3 heteroatoms. The monoisotopic (exact) mass is 334 g/mol. The maximum absolute atomic E-state index is 10.5. The van der Waals surface area contributed by atoms with Gasteiger partial charge in [0, 0.05) is 10.9 Å². The molecule has 2 aromatic rings. The molecule has 0 amide bonds. The Labute approximate surface area is 128 Å². The lowest BCUT2D eigenvalue weighted by Crippen LogP contribution is -2.06. The van der Waals surface area contributed by atoms with Crippen molar-refractivity contribution in [1.29, 1.82) is 0 Å². The molecule has 0 aliphatic heterocycles. The molecule has 0 aromatic heterocycles. The summed E-state index contributed by atoms with van der Waals surface area (Å²) < 4.78 is 6.35. The van der Waals surface area contributed by atoms with E-state index in [-0.39, 0.29) is 0 Å². The smallest absolute Gasteiger partial charge is 0.122 e. The van der Waals surface area contributed by atoms with Crippen LogP contribution in [0.2, 0.25) is 0 Å². The van der Waals surface area contributed by atoms with Gasteiger partial charge in [-0.1, -0.05) is 47.1 Å². The molecular formula is C17H19BrO2. The van der Waals surface area contributed by atoms with Gasteiger partial charge in [-0.15, -0.1) is 0 Å². The molecule has 0 heterocycles. The van der Waals surface area contributed by atoms with Crippen molar-refractivity contribution in [3.05, 3.63) is 63.6 Å². The highest BCUT2D eigenvalue weighted by Gasteiger charge is 2.14. The molecule has 1 N–H and O–H groups in total. The minimum Gasteiger partial charge on any atom is -0.496 e. The van der Waals surface area contributed by atoms with Crippen molar-refractivity contribution in [2.24, 2.45) is 0 Å². The first-order valence-electron chi connectivity index (χ1n) is 6.74. The van der Waals surface area contributed by atoms with Gasteiger partial charge in [0.15, 0.2) is 0 Å². The van der Waals surface area contributed by atoms with Crippen LogP contribution in [0.5, 0.6) is 5.75 Å². The zero-order valence-electron chi connectivity index (χ0n) is 11.8. The summed E-state index contributed by atoms with van der Waals surface area (Å²) in [6.07, 6.45) is 0.942. The molecule has 0 spiro atoms. The third-order valence-corrected chi connectivity index (χ3v) is 3.94. The van der Waals surface area contributed by atoms with Crippen LogP contribution in [0.1, 0.15) is 29.7 Å². The number of aryl methyl sites for hydroxylation is 1. The molecule has 1 atom stereocenters. The van der Waals surface area contributed by atoms with E-state index in [0.717, 1.165) is 27.8 Å². The summed E-state index contributed by atoms with van der Waals surface area (Å²) in [6.45, 7) is 2.10. The van der Waals surface area contributed by atoms with Gasteiger partial charge in [-0.25, -0.2) is 0 Å². The second-order valence-electron chi connectivity index (χ2n) is 4.73. The Kier molecular flexibility index (Phi) is 5.21. The summed E-state index contributed by atoms with van der Waals surface area (Å²) in [5, 5.41) is 10.5. The maximum Gasteiger partial charge on any atom is 0.122 e. The summed E-state index contributed by atoms with van der Waals surface area (Å²) in [5.74, 6) is 0.807. The highest BCUT2D eigenvalue weighted by atomic mass is 79.9. The lowest BCUT2D eigenvalue weighted by Gasteiger charge is -2.17. The predicted molar refractivity (Wildman–Crippen MR) is 85.2 cm³/mol. The Bertz CT molecular complexity index is 581. The van der Waals surface area contributed by atoms with Crippen LogP contribution in [-0.4, -0.2) is 12.2 Å². The van der Waals surface area contributed by atoms with E-state index in [4.69, 9.17) is 4.74 Å². The Morgan fingerprint density at radius 1 is 1.15 bits per heavy atom. The first-order valence-corrected chi connectivity index (χ1v) is 7.53. The third-order valence-electron chi connectivity index (χ3n) is 3.45. The van der Waals surface area contributed by atoms with E-state index in [9.17, 15) is 5.11 Å². The van der Waals surface area contributed by atoms with Crippen LogP contribution in [0.15, 0.2) is 46.9 Å². The molecule has 2 aromatic carbocycles. The average Bonchev–Trinajstić information content (AvgIpc) is 2.47. The fourth-order valence-corrected chi connectivity index (χ4v) is 2.81. The Balaban J connectivity index is 2.27. The molecule has 0 aliphatic rings. The molecule has 0 aliphatic carbocycles. The number of methoxy groups -OCH3 is 1. The van der Waals surface area contributed by atoms with Crippen molar-refractivity contribution in [2.45, 2.75) is 25.9 Å². The zero-order chi connectivity index (χ0) is 14.5. The second-order valence-corrected chi connectivity index (χ2v) is 5.64. The number of halogens is 1. The van der Waals surface area contributed by atoms with E-state index in [1.165, 1.54) is 5.56 Å². The Hall–Kier alpha value is -1.32. The Morgan fingerprint density at radius 2 is 1.90 bits per heavy atom. The Morgan fingerprint density at radius 3 is 2.60 bits per heavy atom. The fourth-order valence-electron chi connectivity index (χ4n) is 2.41. The summed E-state index contributed by atoms with van der Waals surface area (Å²) in [4.78, 5) is 0. The van der Waals surface area contributed by atoms with Gasteiger partial charge < -0.3 is 9.84 Å². The minimum atomic E-state index is -0.519. The van der Waals surface area contributed by atoms with Crippen molar-refractivity contribution in [1.82, 2.24) is 0 Å². The number of ether oxygens (including phenoxy) is 1. The highest BCUT2D eigenvalue weighted by Crippen LogP contribution is 2.29. The topological polar surface area (TPSA) is 29.5 Å². The molecule has 0 saturated heterocycles. The molecule has 106 valence electrons. The van der Waals surface area contributed by atoms with Gasteiger partial charge in [0.25, 0.3) is 0 Å². The van der Waals surface area contributed by atoms with Crippen molar-refractivity contribution in [3.63, 3.8) is 0 Å². The van der Waals surface area contributed by atoms with Crippen molar-refractivity contribution in [2.75, 3.05) is 7.11 Å². The number of benzene rings is 2. The van der Waals surface area contributed by atoms with Gasteiger partial charge in [0.05, 0.1) is 13.2 Å². The van der Waals surface area contributed by atoms with Crippen molar-refractivity contribution < 1.29 is 9.84 Å². The standard InChI is InChI=1S/C17H19BrO2/c1-3-12-6-4-5-7-15(12)16(19)11-13-10-14(18)8-9-17(13)20-2/h4-10,16,19H,3,11H2,1-2H3. The van der Waals surface area contributed by atoms with E-state index in [2.05, 4.69) is 28.9 Å². The second kappa shape index (κ2) is 6.91. The van der Waals surface area contributed by atoms with Crippen LogP contribution >= 0.6 is 15.9 Å². The normalized spacial score (nSPS) is 12.2. The first-order chi connectivity index (χ1) is 9.65.